The molecule has 13 nitrogen and oxygen atoms in total. The molecule has 1 fully saturated rings. The Morgan fingerprint density at radius 1 is 0.656 bits per heavy atom. The molecule has 1 rings (SSSR count). The molecule has 1 aliphatic heterocycles. The van der Waals surface area contributed by atoms with Crippen LogP contribution in [0.25, 0.3) is 0 Å². The number of allylic oxidation sites excluding steroid dienone is 1. The average Bonchev–Trinajstić information content (AvgIpc) is 3.23. The Labute approximate surface area is 371 Å². The molecule has 1 aliphatic rings. The van der Waals surface area contributed by atoms with Gasteiger partial charge >= 0.3 is 10.4 Å². The van der Waals surface area contributed by atoms with Crippen molar-refractivity contribution in [2.24, 2.45) is 0 Å². The van der Waals surface area contributed by atoms with Crippen LogP contribution in [0, 0.1) is 0 Å². The molecule has 0 aromatic heterocycles. The number of rotatable bonds is 42. The van der Waals surface area contributed by atoms with E-state index in [0.717, 1.165) is 38.5 Å². The first-order valence-corrected chi connectivity index (χ1v) is 26.0. The summed E-state index contributed by atoms with van der Waals surface area (Å²) in [4.78, 5) is 13.1. The molecule has 61 heavy (non-hydrogen) atoms. The number of unbranched alkanes of at least 4 members (excludes halogenated alkanes) is 29. The lowest BCUT2D eigenvalue weighted by molar-refractivity contribution is -0.298. The van der Waals surface area contributed by atoms with E-state index in [4.69, 9.17) is 9.47 Å². The minimum absolute atomic E-state index is 0.248. The van der Waals surface area contributed by atoms with Crippen molar-refractivity contribution in [2.45, 2.75) is 268 Å². The summed E-state index contributed by atoms with van der Waals surface area (Å²) in [5, 5.41) is 55.2. The van der Waals surface area contributed by atoms with Gasteiger partial charge in [0, 0.05) is 0 Å². The molecule has 1 heterocycles. The van der Waals surface area contributed by atoms with Gasteiger partial charge in [-0.25, -0.2) is 4.18 Å². The lowest BCUT2D eigenvalue weighted by Crippen LogP contribution is -2.61. The number of carbonyl (C=O) groups is 1. The van der Waals surface area contributed by atoms with E-state index in [0.29, 0.717) is 12.8 Å². The van der Waals surface area contributed by atoms with Gasteiger partial charge in [-0.1, -0.05) is 212 Å². The van der Waals surface area contributed by atoms with Gasteiger partial charge in [-0.2, -0.15) is 8.42 Å². The van der Waals surface area contributed by atoms with Gasteiger partial charge in [0.05, 0.1) is 25.4 Å². The summed E-state index contributed by atoms with van der Waals surface area (Å²) >= 11 is 0. The molecule has 1 amide bonds. The van der Waals surface area contributed by atoms with Crippen molar-refractivity contribution >= 4 is 16.3 Å². The Morgan fingerprint density at radius 3 is 1.48 bits per heavy atom. The molecule has 0 bridgehead atoms. The number of aliphatic hydroxyl groups is 5. The topological polar surface area (TPSA) is 212 Å². The Balaban J connectivity index is 2.49. The zero-order valence-electron chi connectivity index (χ0n) is 38.4. The van der Waals surface area contributed by atoms with Crippen LogP contribution < -0.4 is 5.32 Å². The molecule has 0 aromatic carbocycles. The molecule has 14 heteroatoms. The van der Waals surface area contributed by atoms with E-state index in [1.54, 1.807) is 0 Å². The molecule has 1 saturated heterocycles. The number of nitrogens with one attached hydrogen (secondary N) is 1. The zero-order chi connectivity index (χ0) is 45.0. The van der Waals surface area contributed by atoms with E-state index in [-0.39, 0.29) is 6.42 Å². The predicted molar refractivity (Wildman–Crippen MR) is 242 cm³/mol. The van der Waals surface area contributed by atoms with Crippen molar-refractivity contribution in [2.75, 3.05) is 13.2 Å². The van der Waals surface area contributed by atoms with Crippen LogP contribution in [-0.4, -0.2) is 107 Å². The summed E-state index contributed by atoms with van der Waals surface area (Å²) in [7, 11) is -5.11. The predicted octanol–water partition coefficient (Wildman–Crippen LogP) is 8.92. The van der Waals surface area contributed by atoms with Crippen LogP contribution in [0.1, 0.15) is 219 Å². The van der Waals surface area contributed by atoms with E-state index in [1.165, 1.54) is 154 Å². The van der Waals surface area contributed by atoms with Crippen LogP contribution in [0.3, 0.4) is 0 Å². The van der Waals surface area contributed by atoms with E-state index in [9.17, 15) is 43.3 Å². The first kappa shape index (κ1) is 57.8. The van der Waals surface area contributed by atoms with Gasteiger partial charge in [0.25, 0.3) is 0 Å². The molecule has 0 radical (unpaired) electrons. The highest BCUT2D eigenvalue weighted by atomic mass is 32.3. The van der Waals surface area contributed by atoms with Crippen molar-refractivity contribution in [1.29, 1.82) is 0 Å². The molecular weight excluding hydrogens is 803 g/mol. The molecule has 8 atom stereocenters. The summed E-state index contributed by atoms with van der Waals surface area (Å²) in [5.74, 6) is -0.699. The first-order chi connectivity index (χ1) is 29.4. The van der Waals surface area contributed by atoms with Crippen LogP contribution in [0.5, 0.6) is 0 Å². The van der Waals surface area contributed by atoms with Crippen molar-refractivity contribution in [3.05, 3.63) is 12.2 Å². The molecule has 362 valence electrons. The SMILES string of the molecule is CCCCCCCCCCCC/C=C/C(O)C(COC1OC(CO)C(O)C(OS(=O)(=O)O)C1O)NC(=O)C(O)CCCCCCCCCCCCCCCCCCCCCC. The van der Waals surface area contributed by atoms with Crippen LogP contribution in [0.15, 0.2) is 12.2 Å². The smallest absolute Gasteiger partial charge is 0.394 e. The standard InChI is InChI=1S/C47H91NO12S/c1-3-5-7-9-11-13-15-17-18-19-20-21-22-23-24-26-28-30-32-34-36-41(51)46(54)48-39(40(50)35-33-31-29-27-25-16-14-12-10-8-6-4-2)38-58-47-44(53)45(60-61(55,56)57)43(52)42(37-49)59-47/h33,35,39-45,47,49-53H,3-32,34,36-38H2,1-2H3,(H,48,54)(H,55,56,57)/b35-33+. The molecule has 0 aliphatic carbocycles. The highest BCUT2D eigenvalue weighted by Gasteiger charge is 2.48. The van der Waals surface area contributed by atoms with Gasteiger partial charge in [0.1, 0.15) is 30.5 Å². The third-order valence-corrected chi connectivity index (χ3v) is 12.4. The quantitative estimate of drug-likeness (QED) is 0.0174. The Bertz CT molecular complexity index is 1160. The normalized spacial score (nSPS) is 21.2. The van der Waals surface area contributed by atoms with Gasteiger partial charge in [-0.15, -0.1) is 0 Å². The van der Waals surface area contributed by atoms with Crippen molar-refractivity contribution < 1.29 is 57.0 Å². The van der Waals surface area contributed by atoms with Crippen molar-refractivity contribution in [1.82, 2.24) is 5.32 Å². The Kier molecular flexibility index (Phi) is 36.1. The number of amides is 1. The number of aliphatic hydroxyl groups excluding tert-OH is 5. The summed E-state index contributed by atoms with van der Waals surface area (Å²) in [6, 6.07) is -1.11. The minimum atomic E-state index is -5.11. The second kappa shape index (κ2) is 38.1. The van der Waals surface area contributed by atoms with E-state index in [2.05, 4.69) is 23.3 Å². The Morgan fingerprint density at radius 2 is 1.07 bits per heavy atom. The molecule has 0 aromatic rings. The van der Waals surface area contributed by atoms with Crippen LogP contribution >= 0.6 is 0 Å². The minimum Gasteiger partial charge on any atom is -0.394 e. The third kappa shape index (κ3) is 30.6. The van der Waals surface area contributed by atoms with Crippen LogP contribution in [0.2, 0.25) is 0 Å². The second-order valence-electron chi connectivity index (χ2n) is 17.6. The van der Waals surface area contributed by atoms with E-state index >= 15 is 0 Å². The maximum absolute atomic E-state index is 13.1. The number of hydrogen-bond donors (Lipinski definition) is 7. The average molecular weight is 894 g/mol. The highest BCUT2D eigenvalue weighted by molar-refractivity contribution is 7.80. The van der Waals surface area contributed by atoms with Gasteiger partial charge in [-0.3, -0.25) is 9.35 Å². The highest BCUT2D eigenvalue weighted by Crippen LogP contribution is 2.26. The summed E-state index contributed by atoms with van der Waals surface area (Å²) < 4.78 is 47.5. The van der Waals surface area contributed by atoms with Gasteiger partial charge in [-0.05, 0) is 19.3 Å². The maximum Gasteiger partial charge on any atom is 0.397 e. The number of ether oxygens (including phenoxy) is 2. The molecule has 8 unspecified atom stereocenters. The lowest BCUT2D eigenvalue weighted by atomic mass is 9.99. The Hall–Kier alpha value is -1.20. The fourth-order valence-electron chi connectivity index (χ4n) is 7.99. The third-order valence-electron chi connectivity index (χ3n) is 11.9. The molecular formula is C47H91NO12S. The second-order valence-corrected chi connectivity index (χ2v) is 18.6. The fourth-order valence-corrected chi connectivity index (χ4v) is 8.50. The largest absolute Gasteiger partial charge is 0.397 e. The van der Waals surface area contributed by atoms with Crippen molar-refractivity contribution in [3.63, 3.8) is 0 Å². The monoisotopic (exact) mass is 894 g/mol. The zero-order valence-corrected chi connectivity index (χ0v) is 39.2. The van der Waals surface area contributed by atoms with Crippen LogP contribution in [0.4, 0.5) is 0 Å². The summed E-state index contributed by atoms with van der Waals surface area (Å²) in [5.41, 5.74) is 0. The van der Waals surface area contributed by atoms with Gasteiger partial charge in [0.15, 0.2) is 6.29 Å². The van der Waals surface area contributed by atoms with Crippen LogP contribution in [-0.2, 0) is 28.9 Å². The van der Waals surface area contributed by atoms with E-state index in [1.807, 2.05) is 6.08 Å². The fraction of sp³-hybridized carbons (Fsp3) is 0.936. The maximum atomic E-state index is 13.1. The lowest BCUT2D eigenvalue weighted by Gasteiger charge is -2.41. The van der Waals surface area contributed by atoms with Gasteiger partial charge < -0.3 is 40.3 Å². The molecule has 0 saturated carbocycles. The summed E-state index contributed by atoms with van der Waals surface area (Å²) in [6.45, 7) is 3.22. The first-order valence-electron chi connectivity index (χ1n) is 24.7. The summed E-state index contributed by atoms with van der Waals surface area (Å²) in [6.07, 6.45) is 30.1. The van der Waals surface area contributed by atoms with Gasteiger partial charge in [0.2, 0.25) is 5.91 Å². The molecule has 0 spiro atoms. The number of hydrogen-bond acceptors (Lipinski definition) is 11. The molecule has 7 N–H and O–H groups in total. The van der Waals surface area contributed by atoms with E-state index < -0.39 is 78.5 Å². The van der Waals surface area contributed by atoms with Crippen molar-refractivity contribution in [3.8, 4) is 0 Å². The number of carbonyl (C=O) groups excluding carboxylic acids is 1.